The zero-order chi connectivity index (χ0) is 26.1. The first-order valence-corrected chi connectivity index (χ1v) is 14.7. The highest BCUT2D eigenvalue weighted by Gasteiger charge is 2.49. The molecule has 4 rings (SSSR count). The second-order valence-electron chi connectivity index (χ2n) is 11.9. The number of benzene rings is 1. The van der Waals surface area contributed by atoms with Crippen molar-refractivity contribution in [1.82, 2.24) is 9.80 Å². The highest BCUT2D eigenvalue weighted by Crippen LogP contribution is 2.54. The van der Waals surface area contributed by atoms with E-state index in [0.717, 1.165) is 67.6 Å². The van der Waals surface area contributed by atoms with Crippen LogP contribution in [-0.4, -0.2) is 40.4 Å². The maximum atomic E-state index is 5.41. The van der Waals surface area contributed by atoms with E-state index in [-0.39, 0.29) is 10.8 Å². The van der Waals surface area contributed by atoms with Crippen LogP contribution in [0.25, 0.3) is 5.70 Å². The molecule has 0 bridgehead atoms. The van der Waals surface area contributed by atoms with Crippen molar-refractivity contribution in [3.05, 3.63) is 77.7 Å². The molecule has 1 saturated heterocycles. The van der Waals surface area contributed by atoms with Gasteiger partial charge in [-0.1, -0.05) is 90.2 Å². The van der Waals surface area contributed by atoms with Crippen molar-refractivity contribution in [3.63, 3.8) is 0 Å². The predicted octanol–water partition coefficient (Wildman–Crippen LogP) is 8.06. The maximum Gasteiger partial charge on any atom is 0.169 e. The normalized spacial score (nSPS) is 21.6. The molecular formula is C32H45N3S. The molecule has 1 fully saturated rings. The Balaban J connectivity index is 1.81. The van der Waals surface area contributed by atoms with Crippen molar-refractivity contribution in [2.45, 2.75) is 73.1 Å². The van der Waals surface area contributed by atoms with Crippen LogP contribution in [0.3, 0.4) is 0 Å². The van der Waals surface area contributed by atoms with E-state index in [1.165, 1.54) is 40.8 Å². The first-order chi connectivity index (χ1) is 17.1. The Morgan fingerprint density at radius 3 is 2.69 bits per heavy atom. The molecule has 1 aromatic carbocycles. The van der Waals surface area contributed by atoms with Crippen LogP contribution in [0, 0.1) is 10.8 Å². The second-order valence-corrected chi connectivity index (χ2v) is 13.0. The quantitative estimate of drug-likeness (QED) is 0.264. The van der Waals surface area contributed by atoms with Crippen LogP contribution in [0.15, 0.2) is 66.0 Å². The molecule has 4 heteroatoms. The number of unbranched alkanes of at least 4 members (excludes halogenated alkanes) is 1. The number of fused-ring (bicyclic) bond motifs is 3. The molecule has 1 unspecified atom stereocenters. The third-order valence-corrected chi connectivity index (χ3v) is 8.82. The fraction of sp³-hybridized carbons (Fsp3) is 0.531. The number of allylic oxidation sites excluding steroid dienone is 2. The van der Waals surface area contributed by atoms with E-state index in [0.29, 0.717) is 0 Å². The van der Waals surface area contributed by atoms with E-state index in [1.54, 1.807) is 0 Å². The van der Waals surface area contributed by atoms with E-state index >= 15 is 0 Å². The van der Waals surface area contributed by atoms with Crippen molar-refractivity contribution in [3.8, 4) is 0 Å². The lowest BCUT2D eigenvalue weighted by Crippen LogP contribution is -2.41. The molecule has 0 aromatic heterocycles. The standard InChI is InChI=1S/C32H45N3S/c1-9-12-18-36-30-33-29-27-14-13-25(11-3)19-26(27)21-32(28(29)24(5)35(30)16-10-2)15-17-34(22-32)23(4)20-31(6,7)8/h10,13-14,19H,2,4-5,9,11-12,15-18,20-22H2,1,3,6-8H3. The van der Waals surface area contributed by atoms with Crippen LogP contribution < -0.4 is 0 Å². The minimum Gasteiger partial charge on any atom is -0.374 e. The maximum absolute atomic E-state index is 5.41. The summed E-state index contributed by atoms with van der Waals surface area (Å²) in [5.41, 5.74) is 9.29. The van der Waals surface area contributed by atoms with Gasteiger partial charge >= 0.3 is 0 Å². The summed E-state index contributed by atoms with van der Waals surface area (Å²) in [6.45, 7) is 27.5. The number of hydrogen-bond acceptors (Lipinski definition) is 4. The van der Waals surface area contributed by atoms with Gasteiger partial charge in [0.2, 0.25) is 0 Å². The Morgan fingerprint density at radius 2 is 2.03 bits per heavy atom. The molecule has 0 amide bonds. The highest BCUT2D eigenvalue weighted by atomic mass is 32.2. The number of nitrogens with zero attached hydrogens (tertiary/aromatic N) is 3. The number of aryl methyl sites for hydroxylation is 1. The number of likely N-dealkylation sites (tertiary alicyclic amines) is 1. The molecular weight excluding hydrogens is 458 g/mol. The van der Waals surface area contributed by atoms with Crippen molar-refractivity contribution in [1.29, 1.82) is 0 Å². The van der Waals surface area contributed by atoms with Gasteiger partial charge in [-0.2, -0.15) is 0 Å². The Labute approximate surface area is 224 Å². The van der Waals surface area contributed by atoms with Gasteiger partial charge in [0, 0.05) is 53.3 Å². The van der Waals surface area contributed by atoms with Crippen molar-refractivity contribution in [2.75, 3.05) is 25.4 Å². The lowest BCUT2D eigenvalue weighted by molar-refractivity contribution is 0.292. The van der Waals surface area contributed by atoms with Crippen LogP contribution in [0.4, 0.5) is 0 Å². The zero-order valence-corrected chi connectivity index (χ0v) is 24.1. The van der Waals surface area contributed by atoms with Crippen LogP contribution in [0.2, 0.25) is 0 Å². The summed E-state index contributed by atoms with van der Waals surface area (Å²) in [6, 6.07) is 7.04. The number of hydrogen-bond donors (Lipinski definition) is 0. The number of amidine groups is 1. The van der Waals surface area contributed by atoms with Crippen LogP contribution >= 0.6 is 11.8 Å². The monoisotopic (exact) mass is 503 g/mol. The van der Waals surface area contributed by atoms with Crippen molar-refractivity contribution < 1.29 is 0 Å². The van der Waals surface area contributed by atoms with E-state index < -0.39 is 0 Å². The average molecular weight is 504 g/mol. The fourth-order valence-corrected chi connectivity index (χ4v) is 7.11. The van der Waals surface area contributed by atoms with Gasteiger partial charge in [0.05, 0.1) is 5.70 Å². The molecule has 194 valence electrons. The Bertz CT molecular complexity index is 1100. The van der Waals surface area contributed by atoms with Crippen molar-refractivity contribution >= 4 is 22.6 Å². The number of aliphatic imine (C=N–C) groups is 1. The van der Waals surface area contributed by atoms with E-state index in [2.05, 4.69) is 75.8 Å². The first kappa shape index (κ1) is 26.9. The molecule has 2 heterocycles. The van der Waals surface area contributed by atoms with Gasteiger partial charge in [-0.25, -0.2) is 4.99 Å². The summed E-state index contributed by atoms with van der Waals surface area (Å²) in [4.78, 5) is 10.3. The summed E-state index contributed by atoms with van der Waals surface area (Å²) in [5, 5.41) is 1.07. The van der Waals surface area contributed by atoms with Crippen LogP contribution in [0.1, 0.15) is 77.0 Å². The van der Waals surface area contributed by atoms with Crippen molar-refractivity contribution in [2.24, 2.45) is 15.8 Å². The Hall–Kier alpha value is -2.20. The van der Waals surface area contributed by atoms with Gasteiger partial charge in [0.15, 0.2) is 5.17 Å². The summed E-state index contributed by atoms with van der Waals surface area (Å²) < 4.78 is 0. The van der Waals surface area contributed by atoms with Gasteiger partial charge in [0.25, 0.3) is 0 Å². The molecule has 0 saturated carbocycles. The minimum absolute atomic E-state index is 0.00907. The van der Waals surface area contributed by atoms with Gasteiger partial charge in [-0.05, 0) is 48.6 Å². The van der Waals surface area contributed by atoms with Gasteiger partial charge < -0.3 is 9.80 Å². The van der Waals surface area contributed by atoms with Crippen LogP contribution in [-0.2, 0) is 12.8 Å². The summed E-state index contributed by atoms with van der Waals surface area (Å²) >= 11 is 1.86. The van der Waals surface area contributed by atoms with Gasteiger partial charge in [0.1, 0.15) is 0 Å². The minimum atomic E-state index is 0.00907. The molecule has 3 aliphatic rings. The van der Waals surface area contributed by atoms with Gasteiger partial charge in [-0.3, -0.25) is 0 Å². The van der Waals surface area contributed by atoms with E-state index in [4.69, 9.17) is 11.6 Å². The third-order valence-electron chi connectivity index (χ3n) is 7.76. The third kappa shape index (κ3) is 5.25. The first-order valence-electron chi connectivity index (χ1n) is 13.7. The molecule has 1 atom stereocenters. The zero-order valence-electron chi connectivity index (χ0n) is 23.3. The second kappa shape index (κ2) is 10.7. The molecule has 1 aromatic rings. The highest BCUT2D eigenvalue weighted by molar-refractivity contribution is 8.13. The lowest BCUT2D eigenvalue weighted by atomic mass is 9.67. The van der Waals surface area contributed by atoms with E-state index in [1.807, 2.05) is 17.8 Å². The Kier molecular flexibility index (Phi) is 7.95. The lowest BCUT2D eigenvalue weighted by Gasteiger charge is -2.44. The number of rotatable bonds is 8. The molecule has 2 aliphatic heterocycles. The molecule has 3 nitrogen and oxygen atoms in total. The molecule has 36 heavy (non-hydrogen) atoms. The number of thioether (sulfide) groups is 1. The smallest absolute Gasteiger partial charge is 0.169 e. The molecule has 0 N–H and O–H groups in total. The predicted molar refractivity (Wildman–Crippen MR) is 159 cm³/mol. The van der Waals surface area contributed by atoms with E-state index in [9.17, 15) is 0 Å². The SMILES string of the molecule is C=CCN1C(=C)C2=C(N=C1SCCCC)c1ccc(CC)cc1CC21CCN(C(=C)CC(C)(C)C)C1. The summed E-state index contributed by atoms with van der Waals surface area (Å²) in [5.74, 6) is 1.08. The molecule has 1 aliphatic carbocycles. The molecule has 0 radical (unpaired) electrons. The van der Waals surface area contributed by atoms with Crippen LogP contribution in [0.5, 0.6) is 0 Å². The average Bonchev–Trinajstić information content (AvgIpc) is 3.24. The Morgan fingerprint density at radius 1 is 1.25 bits per heavy atom. The summed E-state index contributed by atoms with van der Waals surface area (Å²) in [6.07, 6.45) is 8.59. The van der Waals surface area contributed by atoms with Gasteiger partial charge in [-0.15, -0.1) is 6.58 Å². The largest absolute Gasteiger partial charge is 0.374 e. The fourth-order valence-electron chi connectivity index (χ4n) is 6.00. The summed E-state index contributed by atoms with van der Waals surface area (Å²) in [7, 11) is 0. The topological polar surface area (TPSA) is 18.8 Å². The molecule has 1 spiro atoms.